The van der Waals surface area contributed by atoms with Crippen molar-refractivity contribution in [2.45, 2.75) is 0 Å². The largest absolute Gasteiger partial charge is 0.616 e. The van der Waals surface area contributed by atoms with Crippen molar-refractivity contribution < 1.29 is 18.5 Å². The summed E-state index contributed by atoms with van der Waals surface area (Å²) in [6.45, 7) is 0. The fourth-order valence-corrected chi connectivity index (χ4v) is 1.88. The number of carbonyl (C=O) groups excluding carboxylic acids is 2. The van der Waals surface area contributed by atoms with Gasteiger partial charge in [-0.1, -0.05) is 0 Å². The molecule has 0 fully saturated rings. The Morgan fingerprint density at radius 1 is 1.59 bits per heavy atom. The molecule has 4 nitrogen and oxygen atoms in total. The third-order valence-electron chi connectivity index (χ3n) is 2.13. The SMILES string of the molecule is CN(C=O)c1cc(F)ccc1C(=O)C[S+](C)[O-]. The second-order valence-corrected chi connectivity index (χ2v) is 4.95. The summed E-state index contributed by atoms with van der Waals surface area (Å²) in [7, 11) is 1.42. The molecule has 0 aliphatic rings. The first-order valence-corrected chi connectivity index (χ1v) is 6.49. The van der Waals surface area contributed by atoms with E-state index in [0.717, 1.165) is 17.0 Å². The van der Waals surface area contributed by atoms with Gasteiger partial charge in [0.1, 0.15) is 5.82 Å². The first-order valence-electron chi connectivity index (χ1n) is 4.76. The van der Waals surface area contributed by atoms with Gasteiger partial charge in [0, 0.05) is 12.6 Å². The molecule has 0 spiro atoms. The van der Waals surface area contributed by atoms with Gasteiger partial charge in [0.2, 0.25) is 12.2 Å². The summed E-state index contributed by atoms with van der Waals surface area (Å²) in [6.07, 6.45) is 1.89. The lowest BCUT2D eigenvalue weighted by Crippen LogP contribution is -2.21. The molecule has 0 aliphatic heterocycles. The highest BCUT2D eigenvalue weighted by atomic mass is 32.2. The van der Waals surface area contributed by atoms with Gasteiger partial charge < -0.3 is 9.45 Å². The fraction of sp³-hybridized carbons (Fsp3) is 0.273. The van der Waals surface area contributed by atoms with Gasteiger partial charge >= 0.3 is 0 Å². The van der Waals surface area contributed by atoms with E-state index in [-0.39, 0.29) is 22.8 Å². The molecule has 1 rings (SSSR count). The Morgan fingerprint density at radius 2 is 2.24 bits per heavy atom. The van der Waals surface area contributed by atoms with Crippen molar-refractivity contribution in [3.8, 4) is 0 Å². The molecule has 0 radical (unpaired) electrons. The number of amides is 1. The van der Waals surface area contributed by atoms with Gasteiger partial charge in [0.05, 0.1) is 11.9 Å². The molecule has 1 unspecified atom stereocenters. The van der Waals surface area contributed by atoms with Crippen LogP contribution in [0.4, 0.5) is 10.1 Å². The maximum Gasteiger partial charge on any atom is 0.213 e. The molecule has 17 heavy (non-hydrogen) atoms. The zero-order valence-corrected chi connectivity index (χ0v) is 10.3. The quantitative estimate of drug-likeness (QED) is 0.449. The number of carbonyl (C=O) groups is 2. The van der Waals surface area contributed by atoms with Crippen LogP contribution in [0.5, 0.6) is 0 Å². The summed E-state index contributed by atoms with van der Waals surface area (Å²) in [4.78, 5) is 23.5. The Bertz CT molecular complexity index is 437. The molecule has 0 aliphatic carbocycles. The first kappa shape index (κ1) is 13.7. The minimum absolute atomic E-state index is 0.147. The van der Waals surface area contributed by atoms with Crippen LogP contribution in [0.1, 0.15) is 10.4 Å². The van der Waals surface area contributed by atoms with Crippen molar-refractivity contribution in [1.82, 2.24) is 0 Å². The number of benzene rings is 1. The molecule has 1 atom stereocenters. The van der Waals surface area contributed by atoms with Crippen LogP contribution in [-0.2, 0) is 16.0 Å². The molecule has 0 saturated heterocycles. The maximum absolute atomic E-state index is 13.1. The molecule has 1 aromatic carbocycles. The van der Waals surface area contributed by atoms with Crippen molar-refractivity contribution >= 4 is 29.1 Å². The van der Waals surface area contributed by atoms with Crippen LogP contribution in [0, 0.1) is 5.82 Å². The number of nitrogens with zero attached hydrogens (tertiary/aromatic N) is 1. The molecule has 0 heterocycles. The zero-order valence-electron chi connectivity index (χ0n) is 9.47. The molecule has 0 N–H and O–H groups in total. The van der Waals surface area contributed by atoms with Crippen molar-refractivity contribution in [3.63, 3.8) is 0 Å². The fourth-order valence-electron chi connectivity index (χ4n) is 1.35. The van der Waals surface area contributed by atoms with Crippen LogP contribution in [0.2, 0.25) is 0 Å². The number of hydrogen-bond acceptors (Lipinski definition) is 3. The van der Waals surface area contributed by atoms with E-state index in [9.17, 15) is 18.5 Å². The summed E-state index contributed by atoms with van der Waals surface area (Å²) < 4.78 is 24.0. The van der Waals surface area contributed by atoms with Crippen LogP contribution in [-0.4, -0.2) is 35.8 Å². The average Bonchev–Trinajstić information content (AvgIpc) is 2.26. The zero-order chi connectivity index (χ0) is 13.0. The molecule has 0 saturated carbocycles. The van der Waals surface area contributed by atoms with E-state index in [4.69, 9.17) is 0 Å². The van der Waals surface area contributed by atoms with Gasteiger partial charge in [-0.3, -0.25) is 9.59 Å². The van der Waals surface area contributed by atoms with E-state index in [2.05, 4.69) is 0 Å². The number of ketones is 1. The van der Waals surface area contributed by atoms with Gasteiger partial charge in [-0.15, -0.1) is 0 Å². The molecule has 1 aromatic rings. The van der Waals surface area contributed by atoms with Gasteiger partial charge in [0.25, 0.3) is 0 Å². The predicted octanol–water partition coefficient (Wildman–Crippen LogP) is 0.980. The highest BCUT2D eigenvalue weighted by molar-refractivity contribution is 7.91. The molecular formula is C11H12FNO3S. The van der Waals surface area contributed by atoms with Gasteiger partial charge in [-0.2, -0.15) is 0 Å². The third-order valence-corrected chi connectivity index (χ3v) is 2.80. The molecule has 0 bridgehead atoms. The van der Waals surface area contributed by atoms with E-state index in [1.54, 1.807) is 0 Å². The monoisotopic (exact) mass is 257 g/mol. The third kappa shape index (κ3) is 3.54. The average molecular weight is 257 g/mol. The molecule has 0 aromatic heterocycles. The first-order chi connectivity index (χ1) is 7.95. The Labute approximate surface area is 102 Å². The lowest BCUT2D eigenvalue weighted by molar-refractivity contribution is -0.107. The van der Waals surface area contributed by atoms with Crippen LogP contribution in [0.25, 0.3) is 0 Å². The summed E-state index contributed by atoms with van der Waals surface area (Å²) in [5.41, 5.74) is 0.367. The topological polar surface area (TPSA) is 60.4 Å². The molecular weight excluding hydrogens is 245 g/mol. The van der Waals surface area contributed by atoms with Gasteiger partial charge in [-0.25, -0.2) is 4.39 Å². The standard InChI is InChI=1S/C11H12FNO3S/c1-13(7-14)10-5-8(12)3-4-9(10)11(15)6-17(2)16/h3-5,7H,6H2,1-2H3. The van der Waals surface area contributed by atoms with E-state index in [1.165, 1.54) is 19.4 Å². The van der Waals surface area contributed by atoms with Crippen molar-refractivity contribution in [3.05, 3.63) is 29.6 Å². The highest BCUT2D eigenvalue weighted by Crippen LogP contribution is 2.21. The van der Waals surface area contributed by atoms with Crippen molar-refractivity contribution in [2.24, 2.45) is 0 Å². The second-order valence-electron chi connectivity index (χ2n) is 3.52. The lowest BCUT2D eigenvalue weighted by atomic mass is 10.1. The summed E-state index contributed by atoms with van der Waals surface area (Å²) >= 11 is -1.28. The van der Waals surface area contributed by atoms with Gasteiger partial charge in [-0.05, 0) is 29.4 Å². The molecule has 1 amide bonds. The Morgan fingerprint density at radius 3 is 2.76 bits per heavy atom. The summed E-state index contributed by atoms with van der Waals surface area (Å²) in [5.74, 6) is -1.07. The smallest absolute Gasteiger partial charge is 0.213 e. The van der Waals surface area contributed by atoms with Crippen molar-refractivity contribution in [2.75, 3.05) is 24.0 Å². The van der Waals surface area contributed by atoms with E-state index >= 15 is 0 Å². The highest BCUT2D eigenvalue weighted by Gasteiger charge is 2.18. The lowest BCUT2D eigenvalue weighted by Gasteiger charge is -2.15. The number of anilines is 1. The van der Waals surface area contributed by atoms with E-state index in [0.29, 0.717) is 6.41 Å². The number of Topliss-reactive ketones (excluding diaryl/α,β-unsaturated/α-hetero) is 1. The van der Waals surface area contributed by atoms with Crippen LogP contribution >= 0.6 is 0 Å². The van der Waals surface area contributed by atoms with Gasteiger partial charge in [0.15, 0.2) is 5.75 Å². The van der Waals surface area contributed by atoms with Crippen LogP contribution in [0.15, 0.2) is 18.2 Å². The number of halogens is 1. The van der Waals surface area contributed by atoms with Crippen molar-refractivity contribution in [1.29, 1.82) is 0 Å². The Kier molecular flexibility index (Phi) is 4.65. The summed E-state index contributed by atoms with van der Waals surface area (Å²) in [6, 6.07) is 3.52. The Hall–Kier alpha value is -1.40. The minimum Gasteiger partial charge on any atom is -0.616 e. The predicted molar refractivity (Wildman–Crippen MR) is 64.1 cm³/mol. The van der Waals surface area contributed by atoms with Crippen LogP contribution in [0.3, 0.4) is 0 Å². The summed E-state index contributed by atoms with van der Waals surface area (Å²) in [5, 5.41) is 0. The number of hydrogen-bond donors (Lipinski definition) is 0. The normalized spacial score (nSPS) is 12.0. The Balaban J connectivity index is 3.14. The van der Waals surface area contributed by atoms with Crippen LogP contribution < -0.4 is 4.90 Å². The van der Waals surface area contributed by atoms with E-state index < -0.39 is 17.0 Å². The maximum atomic E-state index is 13.1. The minimum atomic E-state index is -1.28. The molecule has 6 heteroatoms. The second kappa shape index (κ2) is 5.79. The molecule has 92 valence electrons. The number of rotatable bonds is 5. The van der Waals surface area contributed by atoms with E-state index in [1.807, 2.05) is 0 Å².